The molecular formula is C16H21N3O. The van der Waals surface area contributed by atoms with Crippen LogP contribution in [0.1, 0.15) is 6.92 Å². The Hall–Kier alpha value is -1.81. The summed E-state index contributed by atoms with van der Waals surface area (Å²) in [5.74, 6) is 0.217. The number of rotatable bonds is 2. The van der Waals surface area contributed by atoms with Crippen molar-refractivity contribution in [1.82, 2.24) is 10.2 Å². The largest absolute Gasteiger partial charge is 0.368 e. The van der Waals surface area contributed by atoms with Crippen molar-refractivity contribution in [2.45, 2.75) is 6.92 Å². The number of carbonyl (C=O) groups is 1. The van der Waals surface area contributed by atoms with E-state index >= 15 is 0 Å². The first kappa shape index (κ1) is 13.2. The zero-order valence-electron chi connectivity index (χ0n) is 11.9. The molecule has 1 amide bonds. The van der Waals surface area contributed by atoms with Gasteiger partial charge in [-0.2, -0.15) is 0 Å². The lowest BCUT2D eigenvalue weighted by molar-refractivity contribution is -0.127. The Morgan fingerprint density at radius 1 is 1.05 bits per heavy atom. The van der Waals surface area contributed by atoms with E-state index in [-0.39, 0.29) is 5.91 Å². The van der Waals surface area contributed by atoms with Gasteiger partial charge in [-0.1, -0.05) is 18.2 Å². The second kappa shape index (κ2) is 5.67. The average molecular weight is 271 g/mol. The highest BCUT2D eigenvalue weighted by Crippen LogP contribution is 2.18. The van der Waals surface area contributed by atoms with E-state index in [1.807, 2.05) is 17.9 Å². The molecule has 0 unspecified atom stereocenters. The normalized spacial score (nSPS) is 18.8. The first-order chi connectivity index (χ1) is 9.75. The number of benzene rings is 1. The van der Waals surface area contributed by atoms with Crippen LogP contribution in [0.5, 0.6) is 0 Å². The predicted octanol–water partition coefficient (Wildman–Crippen LogP) is 1.25. The summed E-state index contributed by atoms with van der Waals surface area (Å²) in [7, 11) is 0. The molecule has 2 heterocycles. The molecule has 0 bridgehead atoms. The fraction of sp³-hybridized carbons (Fsp3) is 0.438. The summed E-state index contributed by atoms with van der Waals surface area (Å²) < 4.78 is 0. The van der Waals surface area contributed by atoms with Gasteiger partial charge >= 0.3 is 0 Å². The molecule has 0 atom stereocenters. The van der Waals surface area contributed by atoms with Gasteiger partial charge in [-0.3, -0.25) is 4.79 Å². The van der Waals surface area contributed by atoms with Crippen LogP contribution in [0, 0.1) is 0 Å². The first-order valence-electron chi connectivity index (χ1n) is 7.24. The maximum absolute atomic E-state index is 12.4. The predicted molar refractivity (Wildman–Crippen MR) is 80.8 cm³/mol. The molecule has 0 radical (unpaired) electrons. The average Bonchev–Trinajstić information content (AvgIpc) is 2.46. The number of carbonyl (C=O) groups excluding carboxylic acids is 1. The highest BCUT2D eigenvalue weighted by atomic mass is 16.2. The van der Waals surface area contributed by atoms with E-state index in [1.54, 1.807) is 0 Å². The minimum Gasteiger partial charge on any atom is -0.368 e. The molecule has 0 saturated carbocycles. The highest BCUT2D eigenvalue weighted by molar-refractivity contribution is 5.94. The zero-order valence-corrected chi connectivity index (χ0v) is 11.9. The van der Waals surface area contributed by atoms with Gasteiger partial charge in [0.25, 0.3) is 0 Å². The van der Waals surface area contributed by atoms with E-state index in [0.717, 1.165) is 44.8 Å². The Bertz CT molecular complexity index is 510. The molecule has 106 valence electrons. The maximum Gasteiger partial charge on any atom is 0.249 e. The quantitative estimate of drug-likeness (QED) is 0.823. The van der Waals surface area contributed by atoms with Crippen LogP contribution in [0.15, 0.2) is 41.5 Å². The molecule has 1 aromatic rings. The SMILES string of the molecule is CC(C(=O)N1CCN(c2ccccc2)CC1)=C1CNC1. The Labute approximate surface area is 120 Å². The minimum atomic E-state index is 0.217. The first-order valence-corrected chi connectivity index (χ1v) is 7.24. The Balaban J connectivity index is 1.60. The lowest BCUT2D eigenvalue weighted by Crippen LogP contribution is -2.49. The second-order valence-electron chi connectivity index (χ2n) is 5.45. The van der Waals surface area contributed by atoms with Gasteiger partial charge in [0.1, 0.15) is 0 Å². The van der Waals surface area contributed by atoms with E-state index in [9.17, 15) is 4.79 Å². The van der Waals surface area contributed by atoms with Gasteiger partial charge in [-0.25, -0.2) is 0 Å². The second-order valence-corrected chi connectivity index (χ2v) is 5.45. The Kier molecular flexibility index (Phi) is 3.74. The van der Waals surface area contributed by atoms with Crippen molar-refractivity contribution in [1.29, 1.82) is 0 Å². The molecular weight excluding hydrogens is 250 g/mol. The van der Waals surface area contributed by atoms with Crippen LogP contribution in [-0.2, 0) is 4.79 Å². The van der Waals surface area contributed by atoms with Crippen molar-refractivity contribution in [3.05, 3.63) is 41.5 Å². The van der Waals surface area contributed by atoms with Crippen LogP contribution >= 0.6 is 0 Å². The molecule has 0 aromatic heterocycles. The van der Waals surface area contributed by atoms with Gasteiger partial charge < -0.3 is 15.1 Å². The topological polar surface area (TPSA) is 35.6 Å². The van der Waals surface area contributed by atoms with Crippen LogP contribution in [0.2, 0.25) is 0 Å². The van der Waals surface area contributed by atoms with Crippen LogP contribution in [0.4, 0.5) is 5.69 Å². The summed E-state index contributed by atoms with van der Waals surface area (Å²) >= 11 is 0. The molecule has 2 fully saturated rings. The fourth-order valence-corrected chi connectivity index (χ4v) is 2.71. The maximum atomic E-state index is 12.4. The number of para-hydroxylation sites is 1. The van der Waals surface area contributed by atoms with Crippen LogP contribution < -0.4 is 10.2 Å². The number of nitrogens with one attached hydrogen (secondary N) is 1. The summed E-state index contributed by atoms with van der Waals surface area (Å²) in [4.78, 5) is 16.7. The van der Waals surface area contributed by atoms with Gasteiger partial charge in [-0.05, 0) is 24.6 Å². The van der Waals surface area contributed by atoms with Crippen molar-refractivity contribution in [3.8, 4) is 0 Å². The summed E-state index contributed by atoms with van der Waals surface area (Å²) in [6, 6.07) is 10.4. The van der Waals surface area contributed by atoms with Crippen molar-refractivity contribution >= 4 is 11.6 Å². The van der Waals surface area contributed by atoms with Gasteiger partial charge in [0.05, 0.1) is 0 Å². The third kappa shape index (κ3) is 2.56. The van der Waals surface area contributed by atoms with Crippen molar-refractivity contribution in [2.75, 3.05) is 44.2 Å². The molecule has 1 N–H and O–H groups in total. The fourth-order valence-electron chi connectivity index (χ4n) is 2.71. The zero-order chi connectivity index (χ0) is 13.9. The van der Waals surface area contributed by atoms with Gasteiger partial charge in [-0.15, -0.1) is 0 Å². The summed E-state index contributed by atoms with van der Waals surface area (Å²) in [6.45, 7) is 7.16. The highest BCUT2D eigenvalue weighted by Gasteiger charge is 2.24. The molecule has 2 aliphatic heterocycles. The molecule has 4 nitrogen and oxygen atoms in total. The van der Waals surface area contributed by atoms with Crippen LogP contribution in [0.25, 0.3) is 0 Å². The van der Waals surface area contributed by atoms with Crippen LogP contribution in [-0.4, -0.2) is 50.1 Å². The number of piperazine rings is 1. The summed E-state index contributed by atoms with van der Waals surface area (Å²) in [5.41, 5.74) is 3.45. The van der Waals surface area contributed by atoms with Crippen molar-refractivity contribution < 1.29 is 4.79 Å². The van der Waals surface area contributed by atoms with E-state index in [4.69, 9.17) is 0 Å². The smallest absolute Gasteiger partial charge is 0.249 e. The molecule has 3 rings (SSSR count). The standard InChI is InChI=1S/C16H21N3O/c1-13(14-11-17-12-14)16(20)19-9-7-18(8-10-19)15-5-3-2-4-6-15/h2-6,17H,7-12H2,1H3. The van der Waals surface area contributed by atoms with E-state index in [0.29, 0.717) is 0 Å². The molecule has 0 aliphatic carbocycles. The third-order valence-electron chi connectivity index (χ3n) is 4.22. The van der Waals surface area contributed by atoms with Crippen LogP contribution in [0.3, 0.4) is 0 Å². The van der Waals surface area contributed by atoms with E-state index < -0.39 is 0 Å². The lowest BCUT2D eigenvalue weighted by atomic mass is 10.0. The summed E-state index contributed by atoms with van der Waals surface area (Å²) in [6.07, 6.45) is 0. The number of nitrogens with zero attached hydrogens (tertiary/aromatic N) is 2. The van der Waals surface area contributed by atoms with Gasteiger partial charge in [0.2, 0.25) is 5.91 Å². The molecule has 2 aliphatic rings. The number of hydrogen-bond acceptors (Lipinski definition) is 3. The van der Waals surface area contributed by atoms with E-state index in [2.05, 4.69) is 34.5 Å². The number of amides is 1. The van der Waals surface area contributed by atoms with E-state index in [1.165, 1.54) is 11.3 Å². The summed E-state index contributed by atoms with van der Waals surface area (Å²) in [5, 5.41) is 3.19. The minimum absolute atomic E-state index is 0.217. The molecule has 20 heavy (non-hydrogen) atoms. The Morgan fingerprint density at radius 2 is 1.70 bits per heavy atom. The van der Waals surface area contributed by atoms with Gasteiger partial charge in [0, 0.05) is 50.5 Å². The Morgan fingerprint density at radius 3 is 2.25 bits per heavy atom. The number of hydrogen-bond donors (Lipinski definition) is 1. The van der Waals surface area contributed by atoms with Gasteiger partial charge in [0.15, 0.2) is 0 Å². The molecule has 0 spiro atoms. The monoisotopic (exact) mass is 271 g/mol. The molecule has 2 saturated heterocycles. The van der Waals surface area contributed by atoms with Crippen molar-refractivity contribution in [2.24, 2.45) is 0 Å². The molecule has 1 aromatic carbocycles. The third-order valence-corrected chi connectivity index (χ3v) is 4.22. The molecule has 4 heteroatoms. The number of anilines is 1. The lowest BCUT2D eigenvalue weighted by Gasteiger charge is -2.37. The van der Waals surface area contributed by atoms with Crippen molar-refractivity contribution in [3.63, 3.8) is 0 Å².